The molecule has 10 nitrogen and oxygen atoms in total. The average molecular weight is 546 g/mol. The summed E-state index contributed by atoms with van der Waals surface area (Å²) in [6.45, 7) is 16.4. The summed E-state index contributed by atoms with van der Waals surface area (Å²) in [5.41, 5.74) is 6.87. The van der Waals surface area contributed by atoms with Gasteiger partial charge in [0.25, 0.3) is 0 Å². The second-order valence-corrected chi connectivity index (χ2v) is 12.7. The molecule has 0 saturated carbocycles. The SMILES string of the molecule is Cc1ccccc1[C@@H](C)NC(=O)[C@@H]1C[C@H](N)CN1C(=O)[C@@H](NC(=O)[C@H](C)N(C)C(=O)OC(C)(C)C)C(C)(C)C. The van der Waals surface area contributed by atoms with Crippen molar-refractivity contribution in [1.29, 1.82) is 0 Å². The first-order valence-electron chi connectivity index (χ1n) is 13.5. The minimum Gasteiger partial charge on any atom is -0.444 e. The summed E-state index contributed by atoms with van der Waals surface area (Å²) >= 11 is 0. The van der Waals surface area contributed by atoms with Gasteiger partial charge in [0.2, 0.25) is 17.7 Å². The molecule has 1 aliphatic heterocycles. The van der Waals surface area contributed by atoms with Crippen molar-refractivity contribution in [2.45, 2.75) is 105 Å². The standard InChI is InChI=1S/C29H47N5O5/c1-17-13-11-12-14-21(17)18(2)31-25(36)22-15-20(30)16-34(22)26(37)23(28(4,5)6)32-24(35)19(3)33(10)27(38)39-29(7,8)9/h11-14,18-20,22-23H,15-16,30H2,1-10H3,(H,31,36)(H,32,35)/t18-,19+,20+,22+,23-/m1/s1. The predicted octanol–water partition coefficient (Wildman–Crippen LogP) is 2.89. The smallest absolute Gasteiger partial charge is 0.410 e. The predicted molar refractivity (Wildman–Crippen MR) is 151 cm³/mol. The first-order chi connectivity index (χ1) is 17.8. The van der Waals surface area contributed by atoms with E-state index in [1.54, 1.807) is 27.7 Å². The molecule has 218 valence electrons. The number of carbonyl (C=O) groups is 4. The Balaban J connectivity index is 2.21. The van der Waals surface area contributed by atoms with Crippen LogP contribution in [0.25, 0.3) is 0 Å². The van der Waals surface area contributed by atoms with Crippen LogP contribution in [-0.4, -0.2) is 77.0 Å². The number of ether oxygens (including phenoxy) is 1. The fourth-order valence-corrected chi connectivity index (χ4v) is 4.57. The van der Waals surface area contributed by atoms with Crippen LogP contribution in [0.5, 0.6) is 0 Å². The molecule has 1 aromatic carbocycles. The highest BCUT2D eigenvalue weighted by Crippen LogP contribution is 2.27. The molecule has 0 aromatic heterocycles. The van der Waals surface area contributed by atoms with Crippen LogP contribution in [-0.2, 0) is 19.1 Å². The van der Waals surface area contributed by atoms with Gasteiger partial charge in [-0.3, -0.25) is 19.3 Å². The molecule has 1 aliphatic rings. The van der Waals surface area contributed by atoms with E-state index in [1.807, 2.05) is 58.9 Å². The van der Waals surface area contributed by atoms with Gasteiger partial charge in [0.1, 0.15) is 23.7 Å². The number of carbonyl (C=O) groups excluding carboxylic acids is 4. The fraction of sp³-hybridized carbons (Fsp3) is 0.655. The quantitative estimate of drug-likeness (QED) is 0.482. The number of nitrogens with zero attached hydrogens (tertiary/aromatic N) is 2. The van der Waals surface area contributed by atoms with Crippen molar-refractivity contribution in [1.82, 2.24) is 20.4 Å². The van der Waals surface area contributed by atoms with Crippen LogP contribution in [0, 0.1) is 12.3 Å². The maximum absolute atomic E-state index is 13.9. The summed E-state index contributed by atoms with van der Waals surface area (Å²) in [6.07, 6.45) is -0.325. The molecular weight excluding hydrogens is 498 g/mol. The van der Waals surface area contributed by atoms with E-state index >= 15 is 0 Å². The zero-order valence-electron chi connectivity index (χ0n) is 25.1. The molecule has 4 amide bonds. The number of hydrogen-bond donors (Lipinski definition) is 3. The maximum Gasteiger partial charge on any atom is 0.410 e. The molecule has 0 unspecified atom stereocenters. The van der Waals surface area contributed by atoms with Crippen LogP contribution >= 0.6 is 0 Å². The van der Waals surface area contributed by atoms with E-state index in [4.69, 9.17) is 10.5 Å². The van der Waals surface area contributed by atoms with Crippen LogP contribution in [0.4, 0.5) is 4.79 Å². The lowest BCUT2D eigenvalue weighted by molar-refractivity contribution is -0.144. The van der Waals surface area contributed by atoms with Crippen molar-refractivity contribution in [3.63, 3.8) is 0 Å². The summed E-state index contributed by atoms with van der Waals surface area (Å²) in [4.78, 5) is 55.6. The Morgan fingerprint density at radius 2 is 1.64 bits per heavy atom. The van der Waals surface area contributed by atoms with Crippen LogP contribution in [0.3, 0.4) is 0 Å². The highest BCUT2D eigenvalue weighted by Gasteiger charge is 2.45. The van der Waals surface area contributed by atoms with Crippen molar-refractivity contribution < 1.29 is 23.9 Å². The second kappa shape index (κ2) is 12.4. The highest BCUT2D eigenvalue weighted by molar-refractivity contribution is 5.94. The summed E-state index contributed by atoms with van der Waals surface area (Å²) < 4.78 is 5.37. The third kappa shape index (κ3) is 8.42. The van der Waals surface area contributed by atoms with Gasteiger partial charge in [0.05, 0.1) is 6.04 Å². The molecule has 39 heavy (non-hydrogen) atoms. The molecule has 0 spiro atoms. The number of likely N-dealkylation sites (tertiary alicyclic amines) is 1. The molecule has 1 fully saturated rings. The summed E-state index contributed by atoms with van der Waals surface area (Å²) in [6, 6.07) is 4.58. The number of likely N-dealkylation sites (N-methyl/N-ethyl adjacent to an activating group) is 1. The second-order valence-electron chi connectivity index (χ2n) is 12.7. The first kappa shape index (κ1) is 32.1. The van der Waals surface area contributed by atoms with Crippen LogP contribution in [0.2, 0.25) is 0 Å². The molecule has 0 aliphatic carbocycles. The maximum atomic E-state index is 13.9. The Bertz CT molecular complexity index is 1060. The van der Waals surface area contributed by atoms with Crippen molar-refractivity contribution in [3.8, 4) is 0 Å². The lowest BCUT2D eigenvalue weighted by Gasteiger charge is -2.37. The zero-order chi connectivity index (χ0) is 29.9. The number of benzene rings is 1. The highest BCUT2D eigenvalue weighted by atomic mass is 16.6. The molecule has 1 aromatic rings. The molecule has 4 N–H and O–H groups in total. The lowest BCUT2D eigenvalue weighted by atomic mass is 9.85. The van der Waals surface area contributed by atoms with Gasteiger partial charge in [-0.05, 0) is 64.5 Å². The number of aryl methyl sites for hydroxylation is 1. The normalized spacial score (nSPS) is 20.0. The Kier molecular flexibility index (Phi) is 10.2. The number of hydrogen-bond acceptors (Lipinski definition) is 6. The van der Waals surface area contributed by atoms with E-state index in [0.717, 1.165) is 11.1 Å². The van der Waals surface area contributed by atoms with Gasteiger partial charge < -0.3 is 26.0 Å². The molecule has 10 heteroatoms. The van der Waals surface area contributed by atoms with Crippen LogP contribution in [0.1, 0.15) is 79.0 Å². The largest absolute Gasteiger partial charge is 0.444 e. The Morgan fingerprint density at radius 3 is 2.18 bits per heavy atom. The summed E-state index contributed by atoms with van der Waals surface area (Å²) in [5.74, 6) is -1.18. The van der Waals surface area contributed by atoms with E-state index in [2.05, 4.69) is 10.6 Å². The minimum absolute atomic E-state index is 0.200. The number of rotatable bonds is 7. The third-order valence-electron chi connectivity index (χ3n) is 6.97. The van der Waals surface area contributed by atoms with E-state index in [-0.39, 0.29) is 30.4 Å². The topological polar surface area (TPSA) is 134 Å². The van der Waals surface area contributed by atoms with Gasteiger partial charge in [0, 0.05) is 19.6 Å². The van der Waals surface area contributed by atoms with Gasteiger partial charge in [-0.25, -0.2) is 4.79 Å². The number of nitrogens with two attached hydrogens (primary N) is 1. The summed E-state index contributed by atoms with van der Waals surface area (Å²) in [7, 11) is 1.47. The molecule has 5 atom stereocenters. The zero-order valence-corrected chi connectivity index (χ0v) is 25.1. The molecule has 0 bridgehead atoms. The first-order valence-corrected chi connectivity index (χ1v) is 13.5. The Hall–Kier alpha value is -3.14. The summed E-state index contributed by atoms with van der Waals surface area (Å²) in [5, 5.41) is 5.86. The molecular formula is C29H47N5O5. The minimum atomic E-state index is -0.950. The van der Waals surface area contributed by atoms with Gasteiger partial charge in [-0.15, -0.1) is 0 Å². The molecule has 1 heterocycles. The van der Waals surface area contributed by atoms with E-state index in [0.29, 0.717) is 6.42 Å². The van der Waals surface area contributed by atoms with E-state index < -0.39 is 41.1 Å². The van der Waals surface area contributed by atoms with Crippen LogP contribution in [0.15, 0.2) is 24.3 Å². The number of amides is 4. The fourth-order valence-electron chi connectivity index (χ4n) is 4.57. The molecule has 2 rings (SSSR count). The molecule has 0 radical (unpaired) electrons. The van der Waals surface area contributed by atoms with Crippen LogP contribution < -0.4 is 16.4 Å². The van der Waals surface area contributed by atoms with Crippen molar-refractivity contribution >= 4 is 23.8 Å². The lowest BCUT2D eigenvalue weighted by Crippen LogP contribution is -2.60. The van der Waals surface area contributed by atoms with Gasteiger partial charge in [-0.2, -0.15) is 0 Å². The van der Waals surface area contributed by atoms with E-state index in [9.17, 15) is 19.2 Å². The van der Waals surface area contributed by atoms with Crippen molar-refractivity contribution in [3.05, 3.63) is 35.4 Å². The number of nitrogens with one attached hydrogen (secondary N) is 2. The van der Waals surface area contributed by atoms with Gasteiger partial charge in [-0.1, -0.05) is 45.0 Å². The average Bonchev–Trinajstić information content (AvgIpc) is 3.21. The monoisotopic (exact) mass is 545 g/mol. The Morgan fingerprint density at radius 1 is 1.05 bits per heavy atom. The van der Waals surface area contributed by atoms with E-state index in [1.165, 1.54) is 16.8 Å². The third-order valence-corrected chi connectivity index (χ3v) is 6.97. The van der Waals surface area contributed by atoms with Crippen molar-refractivity contribution in [2.24, 2.45) is 11.1 Å². The molecule has 1 saturated heterocycles. The van der Waals surface area contributed by atoms with Gasteiger partial charge in [0.15, 0.2) is 0 Å². The Labute approximate surface area is 233 Å². The van der Waals surface area contributed by atoms with Crippen molar-refractivity contribution in [2.75, 3.05) is 13.6 Å². The van der Waals surface area contributed by atoms with Gasteiger partial charge >= 0.3 is 6.09 Å².